The molecule has 1 fully saturated rings. The predicted octanol–water partition coefficient (Wildman–Crippen LogP) is 1.38. The van der Waals surface area contributed by atoms with E-state index in [1.54, 1.807) is 0 Å². The van der Waals surface area contributed by atoms with E-state index < -0.39 is 0 Å². The summed E-state index contributed by atoms with van der Waals surface area (Å²) in [5, 5.41) is 4.69. The smallest absolute Gasteiger partial charge is 0.257 e. The Morgan fingerprint density at radius 1 is 1.42 bits per heavy atom. The first-order chi connectivity index (χ1) is 9.31. The Hall–Kier alpha value is -1.25. The molecule has 1 unspecified atom stereocenters. The lowest BCUT2D eigenvalue weighted by atomic mass is 10.3. The molecule has 1 aliphatic rings. The quantitative estimate of drug-likeness (QED) is 0.789. The largest absolute Gasteiger partial charge is 0.377 e. The Morgan fingerprint density at radius 3 is 3.11 bits per heavy atom. The van der Waals surface area contributed by atoms with Crippen LogP contribution < -0.4 is 0 Å². The van der Waals surface area contributed by atoms with E-state index in [9.17, 15) is 0 Å². The van der Waals surface area contributed by atoms with E-state index in [1.807, 2.05) is 0 Å². The molecular weight excluding hydrogens is 288 g/mol. The molecule has 9 heteroatoms. The monoisotopic (exact) mass is 298 g/mol. The van der Waals surface area contributed by atoms with Gasteiger partial charge < -0.3 is 4.74 Å². The molecule has 0 aliphatic carbocycles. The van der Waals surface area contributed by atoms with Crippen molar-refractivity contribution in [1.82, 2.24) is 29.7 Å². The number of nitrogens with zero attached hydrogens (tertiary/aromatic N) is 6. The third-order valence-corrected chi connectivity index (χ3v) is 3.77. The molecule has 1 saturated heterocycles. The van der Waals surface area contributed by atoms with Crippen molar-refractivity contribution in [3.8, 4) is 5.95 Å². The van der Waals surface area contributed by atoms with Crippen molar-refractivity contribution in [3.63, 3.8) is 0 Å². The molecule has 100 valence electrons. The Bertz CT molecular complexity index is 545. The van der Waals surface area contributed by atoms with Gasteiger partial charge in [0.05, 0.1) is 6.10 Å². The molecule has 2 aromatic heterocycles. The molecule has 0 radical (unpaired) electrons. The molecule has 0 N–H and O–H groups in total. The van der Waals surface area contributed by atoms with E-state index in [4.69, 9.17) is 16.3 Å². The van der Waals surface area contributed by atoms with Gasteiger partial charge in [0.1, 0.15) is 12.7 Å². The molecule has 0 amide bonds. The van der Waals surface area contributed by atoms with Crippen molar-refractivity contribution >= 4 is 23.4 Å². The molecule has 19 heavy (non-hydrogen) atoms. The van der Waals surface area contributed by atoms with Crippen molar-refractivity contribution in [3.05, 3.63) is 17.9 Å². The van der Waals surface area contributed by atoms with Crippen LogP contribution in [0.5, 0.6) is 0 Å². The zero-order valence-electron chi connectivity index (χ0n) is 9.94. The molecule has 0 bridgehead atoms. The highest BCUT2D eigenvalue weighted by Crippen LogP contribution is 2.22. The standard InChI is InChI=1S/C10H11ClN6OS/c11-8-14-9(17-6-12-5-13-17)16-10(15-8)19-4-7-2-1-3-18-7/h5-7H,1-4H2. The predicted molar refractivity (Wildman–Crippen MR) is 69.5 cm³/mol. The van der Waals surface area contributed by atoms with E-state index in [-0.39, 0.29) is 11.4 Å². The van der Waals surface area contributed by atoms with Gasteiger partial charge in [0.25, 0.3) is 5.95 Å². The summed E-state index contributed by atoms with van der Waals surface area (Å²) in [5.41, 5.74) is 0. The fourth-order valence-electron chi connectivity index (χ4n) is 1.74. The summed E-state index contributed by atoms with van der Waals surface area (Å²) < 4.78 is 7.00. The second-order valence-corrected chi connectivity index (χ2v) is 5.30. The fourth-order valence-corrected chi connectivity index (χ4v) is 2.84. The summed E-state index contributed by atoms with van der Waals surface area (Å²) in [7, 11) is 0. The van der Waals surface area contributed by atoms with Gasteiger partial charge in [-0.15, -0.1) is 0 Å². The molecular formula is C10H11ClN6OS. The average molecular weight is 299 g/mol. The van der Waals surface area contributed by atoms with Crippen molar-refractivity contribution in [2.24, 2.45) is 0 Å². The van der Waals surface area contributed by atoms with Crippen molar-refractivity contribution in [1.29, 1.82) is 0 Å². The van der Waals surface area contributed by atoms with Crippen LogP contribution in [0.25, 0.3) is 5.95 Å². The van der Waals surface area contributed by atoms with Crippen LogP contribution in [-0.2, 0) is 4.74 Å². The maximum absolute atomic E-state index is 5.89. The van der Waals surface area contributed by atoms with Gasteiger partial charge in [-0.25, -0.2) is 4.98 Å². The van der Waals surface area contributed by atoms with Crippen LogP contribution in [0.4, 0.5) is 0 Å². The van der Waals surface area contributed by atoms with Gasteiger partial charge in [-0.3, -0.25) is 0 Å². The molecule has 1 aliphatic heterocycles. The summed E-state index contributed by atoms with van der Waals surface area (Å²) in [5.74, 6) is 1.18. The Balaban J connectivity index is 1.74. The normalized spacial score (nSPS) is 18.9. The van der Waals surface area contributed by atoms with Crippen LogP contribution >= 0.6 is 23.4 Å². The second kappa shape index (κ2) is 5.81. The zero-order chi connectivity index (χ0) is 13.1. The van der Waals surface area contributed by atoms with Gasteiger partial charge in [0, 0.05) is 12.4 Å². The van der Waals surface area contributed by atoms with Gasteiger partial charge in [-0.2, -0.15) is 24.7 Å². The van der Waals surface area contributed by atoms with Crippen molar-refractivity contribution in [2.75, 3.05) is 12.4 Å². The van der Waals surface area contributed by atoms with Crippen LogP contribution in [0.1, 0.15) is 12.8 Å². The number of halogens is 1. The van der Waals surface area contributed by atoms with Gasteiger partial charge in [-0.1, -0.05) is 11.8 Å². The number of hydrogen-bond donors (Lipinski definition) is 0. The molecule has 0 spiro atoms. The number of ether oxygens (including phenoxy) is 1. The van der Waals surface area contributed by atoms with Crippen LogP contribution in [0.3, 0.4) is 0 Å². The minimum atomic E-state index is 0.148. The zero-order valence-corrected chi connectivity index (χ0v) is 11.5. The van der Waals surface area contributed by atoms with Crippen LogP contribution in [0.2, 0.25) is 5.28 Å². The minimum Gasteiger partial charge on any atom is -0.377 e. The highest BCUT2D eigenvalue weighted by Gasteiger charge is 2.17. The summed E-state index contributed by atoms with van der Waals surface area (Å²) >= 11 is 7.40. The minimum absolute atomic E-state index is 0.148. The number of thioether (sulfide) groups is 1. The van der Waals surface area contributed by atoms with E-state index in [2.05, 4.69) is 25.0 Å². The maximum Gasteiger partial charge on any atom is 0.257 e. The van der Waals surface area contributed by atoms with E-state index in [1.165, 1.54) is 29.1 Å². The number of rotatable bonds is 4. The average Bonchev–Trinajstić information content (AvgIpc) is 3.09. The SMILES string of the molecule is Clc1nc(SCC2CCCO2)nc(-n2cncn2)n1. The summed E-state index contributed by atoms with van der Waals surface area (Å²) in [4.78, 5) is 16.3. The Labute approximate surface area is 118 Å². The third-order valence-electron chi connectivity index (χ3n) is 2.62. The lowest BCUT2D eigenvalue weighted by Crippen LogP contribution is -2.10. The van der Waals surface area contributed by atoms with Crippen molar-refractivity contribution < 1.29 is 4.74 Å². The maximum atomic E-state index is 5.89. The van der Waals surface area contributed by atoms with E-state index in [0.717, 1.165) is 25.2 Å². The van der Waals surface area contributed by atoms with Gasteiger partial charge in [0.2, 0.25) is 5.28 Å². The van der Waals surface area contributed by atoms with Gasteiger partial charge in [0.15, 0.2) is 5.16 Å². The molecule has 2 aromatic rings. The highest BCUT2D eigenvalue weighted by molar-refractivity contribution is 7.99. The van der Waals surface area contributed by atoms with E-state index >= 15 is 0 Å². The Morgan fingerprint density at radius 2 is 2.37 bits per heavy atom. The van der Waals surface area contributed by atoms with Gasteiger partial charge in [-0.05, 0) is 24.4 Å². The first kappa shape index (κ1) is 12.8. The molecule has 0 saturated carbocycles. The van der Waals surface area contributed by atoms with Crippen LogP contribution in [0, 0.1) is 0 Å². The molecule has 0 aromatic carbocycles. The summed E-state index contributed by atoms with van der Waals surface area (Å²) in [6.07, 6.45) is 5.40. The molecule has 1 atom stereocenters. The van der Waals surface area contributed by atoms with Crippen molar-refractivity contribution in [2.45, 2.75) is 24.1 Å². The topological polar surface area (TPSA) is 78.6 Å². The molecule has 3 rings (SSSR count). The summed E-state index contributed by atoms with van der Waals surface area (Å²) in [6.45, 7) is 0.841. The lowest BCUT2D eigenvalue weighted by molar-refractivity contribution is 0.129. The Kier molecular flexibility index (Phi) is 3.90. The van der Waals surface area contributed by atoms with Gasteiger partial charge >= 0.3 is 0 Å². The fraction of sp³-hybridized carbons (Fsp3) is 0.500. The van der Waals surface area contributed by atoms with Crippen LogP contribution in [-0.4, -0.2) is 48.2 Å². The molecule has 3 heterocycles. The molecule has 7 nitrogen and oxygen atoms in total. The summed E-state index contributed by atoms with van der Waals surface area (Å²) in [6, 6.07) is 0. The second-order valence-electron chi connectivity index (χ2n) is 3.97. The number of aromatic nitrogens is 6. The first-order valence-electron chi connectivity index (χ1n) is 5.82. The van der Waals surface area contributed by atoms with E-state index in [0.29, 0.717) is 11.1 Å². The highest BCUT2D eigenvalue weighted by atomic mass is 35.5. The first-order valence-corrected chi connectivity index (χ1v) is 7.18. The van der Waals surface area contributed by atoms with Crippen LogP contribution in [0.15, 0.2) is 17.8 Å². The lowest BCUT2D eigenvalue weighted by Gasteiger charge is -2.08. The third kappa shape index (κ3) is 3.20. The number of hydrogen-bond acceptors (Lipinski definition) is 7.